The van der Waals surface area contributed by atoms with Crippen LogP contribution < -0.4 is 4.90 Å². The molecule has 49 heavy (non-hydrogen) atoms. The highest BCUT2D eigenvalue weighted by Gasteiger charge is 2.37. The molecule has 0 radical (unpaired) electrons. The third-order valence-electron chi connectivity index (χ3n) is 10.5. The number of rotatable bonds is 11. The number of benzene rings is 3. The first-order valence-electron chi connectivity index (χ1n) is 17.4. The van der Waals surface area contributed by atoms with Crippen LogP contribution in [0.15, 0.2) is 59.5 Å². The Balaban J connectivity index is 1.26. The summed E-state index contributed by atoms with van der Waals surface area (Å²) >= 11 is 0. The molecule has 0 spiro atoms. The molecule has 0 N–H and O–H groups in total. The average molecular weight is 688 g/mol. The van der Waals surface area contributed by atoms with Crippen molar-refractivity contribution in [3.63, 3.8) is 0 Å². The van der Waals surface area contributed by atoms with Crippen LogP contribution in [0.4, 0.5) is 5.69 Å². The fourth-order valence-electron chi connectivity index (χ4n) is 7.53. The van der Waals surface area contributed by atoms with Crippen LogP contribution in [0.1, 0.15) is 59.9 Å². The molecule has 1 fully saturated rings. The molecule has 1 saturated heterocycles. The summed E-state index contributed by atoms with van der Waals surface area (Å²) in [6, 6.07) is 17.8. The van der Waals surface area contributed by atoms with Gasteiger partial charge in [0.1, 0.15) is 5.52 Å². The molecule has 3 atom stereocenters. The van der Waals surface area contributed by atoms with Gasteiger partial charge < -0.3 is 14.4 Å². The van der Waals surface area contributed by atoms with Crippen molar-refractivity contribution in [3.05, 3.63) is 82.4 Å². The van der Waals surface area contributed by atoms with Crippen LogP contribution in [-0.2, 0) is 37.6 Å². The van der Waals surface area contributed by atoms with Crippen LogP contribution >= 0.6 is 0 Å². The smallest absolute Gasteiger partial charge is 0.306 e. The first kappa shape index (κ1) is 35.0. The maximum atomic E-state index is 14.0. The minimum atomic E-state index is -3.54. The van der Waals surface area contributed by atoms with E-state index in [2.05, 4.69) is 53.3 Å². The largest absolute Gasteiger partial charge is 0.466 e. The van der Waals surface area contributed by atoms with Gasteiger partial charge in [-0.05, 0) is 85.0 Å². The fourth-order valence-corrected chi connectivity index (χ4v) is 9.76. The molecule has 6 rings (SSSR count). The molecule has 0 aliphatic carbocycles. The highest BCUT2D eigenvalue weighted by molar-refractivity contribution is 7.92. The Morgan fingerprint density at radius 2 is 1.82 bits per heavy atom. The highest BCUT2D eigenvalue weighted by Crippen LogP contribution is 2.38. The second-order valence-corrected chi connectivity index (χ2v) is 15.9. The normalized spacial score (nSPS) is 19.3. The van der Waals surface area contributed by atoms with E-state index in [9.17, 15) is 13.2 Å². The maximum absolute atomic E-state index is 14.0. The zero-order valence-corrected chi connectivity index (χ0v) is 30.2. The van der Waals surface area contributed by atoms with Crippen molar-refractivity contribution < 1.29 is 22.7 Å². The molecule has 11 heteroatoms. The minimum absolute atomic E-state index is 0.119. The number of para-hydroxylation sites is 1. The molecular weight excluding hydrogens is 639 g/mol. The van der Waals surface area contributed by atoms with Gasteiger partial charge in [0, 0.05) is 46.2 Å². The number of esters is 1. The van der Waals surface area contributed by atoms with Gasteiger partial charge in [0.15, 0.2) is 9.84 Å². The number of carbonyl (C=O) groups is 1. The summed E-state index contributed by atoms with van der Waals surface area (Å²) < 4.78 is 41.0. The first-order valence-corrected chi connectivity index (χ1v) is 19.0. The van der Waals surface area contributed by atoms with Crippen LogP contribution in [0, 0.1) is 19.8 Å². The Hall–Kier alpha value is -3.80. The predicted molar refractivity (Wildman–Crippen MR) is 192 cm³/mol. The minimum Gasteiger partial charge on any atom is -0.466 e. The third-order valence-corrected chi connectivity index (χ3v) is 12.9. The predicted octanol–water partition coefficient (Wildman–Crippen LogP) is 5.23. The van der Waals surface area contributed by atoms with E-state index in [1.54, 1.807) is 16.8 Å². The summed E-state index contributed by atoms with van der Waals surface area (Å²) in [6.45, 7) is 11.4. The number of aromatic nitrogens is 3. The molecular formula is C38H49N5O5S. The van der Waals surface area contributed by atoms with Gasteiger partial charge in [-0.1, -0.05) is 48.5 Å². The fraction of sp³-hybridized carbons (Fsp3) is 0.500. The van der Waals surface area contributed by atoms with Gasteiger partial charge in [0.2, 0.25) is 0 Å². The number of ether oxygens (including phenoxy) is 2. The lowest BCUT2D eigenvalue weighted by Crippen LogP contribution is -2.37. The Bertz CT molecular complexity index is 1900. The van der Waals surface area contributed by atoms with Crippen LogP contribution in [0.2, 0.25) is 0 Å². The van der Waals surface area contributed by atoms with Crippen LogP contribution in [0.25, 0.3) is 11.0 Å². The topological polar surface area (TPSA) is 107 Å². The van der Waals surface area contributed by atoms with E-state index in [1.165, 1.54) is 0 Å². The van der Waals surface area contributed by atoms with Crippen LogP contribution in [0.5, 0.6) is 0 Å². The molecule has 2 aliphatic rings. The van der Waals surface area contributed by atoms with E-state index < -0.39 is 15.1 Å². The molecule has 10 nitrogen and oxygen atoms in total. The molecule has 4 aromatic rings. The van der Waals surface area contributed by atoms with Crippen molar-refractivity contribution >= 4 is 32.5 Å². The van der Waals surface area contributed by atoms with Crippen LogP contribution in [0.3, 0.4) is 0 Å². The van der Waals surface area contributed by atoms with E-state index >= 15 is 0 Å². The highest BCUT2D eigenvalue weighted by atomic mass is 32.2. The summed E-state index contributed by atoms with van der Waals surface area (Å²) in [5, 5.41) is 8.15. The summed E-state index contributed by atoms with van der Waals surface area (Å²) in [7, 11) is 0.297. The monoisotopic (exact) mass is 687 g/mol. The van der Waals surface area contributed by atoms with Crippen molar-refractivity contribution in [2.75, 3.05) is 57.9 Å². The number of carbonyl (C=O) groups excluding carboxylic acids is 1. The van der Waals surface area contributed by atoms with Gasteiger partial charge >= 0.3 is 5.97 Å². The van der Waals surface area contributed by atoms with Crippen molar-refractivity contribution in [2.45, 2.75) is 62.5 Å². The number of morpholine rings is 1. The van der Waals surface area contributed by atoms with Crippen molar-refractivity contribution in [2.24, 2.45) is 13.0 Å². The van der Waals surface area contributed by atoms with E-state index in [1.807, 2.05) is 44.1 Å². The number of nitrogens with zero attached hydrogens (tertiary/aromatic N) is 5. The van der Waals surface area contributed by atoms with Gasteiger partial charge in [-0.3, -0.25) is 9.69 Å². The molecule has 0 amide bonds. The number of hydrogen-bond donors (Lipinski definition) is 0. The molecule has 0 saturated carbocycles. The zero-order valence-electron chi connectivity index (χ0n) is 29.4. The zero-order chi connectivity index (χ0) is 34.7. The maximum Gasteiger partial charge on any atom is 0.306 e. The Morgan fingerprint density at radius 3 is 2.61 bits per heavy atom. The molecule has 262 valence electrons. The van der Waals surface area contributed by atoms with Gasteiger partial charge in [-0.2, -0.15) is 0 Å². The van der Waals surface area contributed by atoms with Crippen molar-refractivity contribution in [3.8, 4) is 0 Å². The Labute approximate surface area is 290 Å². The number of anilines is 1. The van der Waals surface area contributed by atoms with E-state index in [0.29, 0.717) is 30.9 Å². The summed E-state index contributed by atoms with van der Waals surface area (Å²) in [5.74, 6) is -0.630. The van der Waals surface area contributed by atoms with Crippen LogP contribution in [-0.4, -0.2) is 92.6 Å². The Morgan fingerprint density at radius 1 is 1.04 bits per heavy atom. The number of hydrogen-bond acceptors (Lipinski definition) is 9. The molecule has 2 aliphatic heterocycles. The quantitative estimate of drug-likeness (QED) is 0.155. The molecule has 3 heterocycles. The lowest BCUT2D eigenvalue weighted by atomic mass is 9.83. The second-order valence-electron chi connectivity index (χ2n) is 13.8. The second kappa shape index (κ2) is 15.0. The van der Waals surface area contributed by atoms with Gasteiger partial charge in [0.25, 0.3) is 0 Å². The summed E-state index contributed by atoms with van der Waals surface area (Å²) in [4.78, 5) is 18.2. The lowest BCUT2D eigenvalue weighted by Gasteiger charge is -2.26. The summed E-state index contributed by atoms with van der Waals surface area (Å²) in [5.41, 5.74) is 7.69. The van der Waals surface area contributed by atoms with Gasteiger partial charge in [0.05, 0.1) is 47.6 Å². The van der Waals surface area contributed by atoms with E-state index in [-0.39, 0.29) is 24.2 Å². The van der Waals surface area contributed by atoms with Gasteiger partial charge in [-0.25, -0.2) is 13.1 Å². The molecule has 0 bridgehead atoms. The molecule has 3 unspecified atom stereocenters. The summed E-state index contributed by atoms with van der Waals surface area (Å²) in [6.07, 6.45) is 2.13. The number of sulfone groups is 1. The third kappa shape index (κ3) is 7.54. The first-order chi connectivity index (χ1) is 23.5. The number of fused-ring (bicyclic) bond motifs is 2. The lowest BCUT2D eigenvalue weighted by molar-refractivity contribution is -0.144. The molecule has 3 aromatic carbocycles. The SMILES string of the molecule is Cc1ccc(C(CC(=O)OCCCN2CCOCC2)c2ccc3c(nnn3C)c2C)cc1CC(C)C1CCN(C)c2ccccc2S1(=O)=O. The Kier molecular flexibility index (Phi) is 10.7. The van der Waals surface area contributed by atoms with Crippen molar-refractivity contribution in [1.82, 2.24) is 19.9 Å². The average Bonchev–Trinajstić information content (AvgIpc) is 3.44. The van der Waals surface area contributed by atoms with E-state index in [0.717, 1.165) is 83.8 Å². The van der Waals surface area contributed by atoms with Gasteiger partial charge in [-0.15, -0.1) is 5.10 Å². The number of aryl methyl sites for hydroxylation is 3. The van der Waals surface area contributed by atoms with Crippen molar-refractivity contribution in [1.29, 1.82) is 0 Å². The molecule has 1 aromatic heterocycles. The van der Waals surface area contributed by atoms with E-state index in [4.69, 9.17) is 9.47 Å². The standard InChI is InChI=1S/C38H49N5O5S/c1-26-11-12-29(24-30(26)23-27(2)35-15-17-41(4)33-9-6-7-10-36(33)49(35,45)46)32(31-13-14-34-38(28(31)3)39-40-42(34)5)25-37(44)48-20-8-16-43-18-21-47-22-19-43/h6-7,9-14,24,27,32,35H,8,15-23,25H2,1-5H3.